The topological polar surface area (TPSA) is 89.6 Å². The van der Waals surface area contributed by atoms with Gasteiger partial charge in [-0.25, -0.2) is 4.79 Å². The van der Waals surface area contributed by atoms with Crippen molar-refractivity contribution in [3.05, 3.63) is 34.9 Å². The molecule has 3 N–H and O–H groups in total. The Kier molecular flexibility index (Phi) is 4.02. The number of rotatable bonds is 4. The van der Waals surface area contributed by atoms with Crippen molar-refractivity contribution in [1.82, 2.24) is 0 Å². The number of ether oxygens (including phenoxy) is 1. The van der Waals surface area contributed by atoms with Gasteiger partial charge in [0, 0.05) is 6.54 Å². The molecule has 0 atom stereocenters. The lowest BCUT2D eigenvalue weighted by Crippen LogP contribution is -2.09. The number of carbonyl (C=O) groups excluding carboxylic acids is 1. The molecular weight excluding hydrogens is 210 g/mol. The molecule has 0 amide bonds. The first-order valence-corrected chi connectivity index (χ1v) is 4.70. The van der Waals surface area contributed by atoms with Gasteiger partial charge in [-0.2, -0.15) is 0 Å². The predicted molar refractivity (Wildman–Crippen MR) is 57.0 cm³/mol. The predicted octanol–water partition coefficient (Wildman–Crippen LogP) is 0.559. The fraction of sp³-hybridized carbons (Fsp3) is 0.273. The van der Waals surface area contributed by atoms with Gasteiger partial charge in [0.1, 0.15) is 0 Å². The molecule has 0 saturated heterocycles. The number of benzene rings is 1. The lowest BCUT2D eigenvalue weighted by Gasteiger charge is -2.07. The van der Waals surface area contributed by atoms with Crippen LogP contribution in [0.1, 0.15) is 21.5 Å². The minimum Gasteiger partial charge on any atom is -0.481 e. The summed E-state index contributed by atoms with van der Waals surface area (Å²) in [6.45, 7) is 0.188. The van der Waals surface area contributed by atoms with Crippen LogP contribution in [-0.2, 0) is 22.5 Å². The number of hydrogen-bond donors (Lipinski definition) is 2. The summed E-state index contributed by atoms with van der Waals surface area (Å²) in [5.74, 6) is -1.39. The van der Waals surface area contributed by atoms with Crippen molar-refractivity contribution in [2.24, 2.45) is 5.73 Å². The summed E-state index contributed by atoms with van der Waals surface area (Å²) in [6, 6.07) is 4.68. The van der Waals surface area contributed by atoms with E-state index in [-0.39, 0.29) is 13.0 Å². The molecule has 0 bridgehead atoms. The molecule has 1 aromatic carbocycles. The molecule has 16 heavy (non-hydrogen) atoms. The van der Waals surface area contributed by atoms with Crippen LogP contribution in [0.3, 0.4) is 0 Å². The summed E-state index contributed by atoms with van der Waals surface area (Å²) in [7, 11) is 1.29. The van der Waals surface area contributed by atoms with Crippen molar-refractivity contribution in [3.8, 4) is 0 Å². The van der Waals surface area contributed by atoms with Crippen LogP contribution in [0.5, 0.6) is 0 Å². The fourth-order valence-electron chi connectivity index (χ4n) is 1.40. The lowest BCUT2D eigenvalue weighted by atomic mass is 10.0. The van der Waals surface area contributed by atoms with E-state index in [0.29, 0.717) is 16.7 Å². The van der Waals surface area contributed by atoms with Gasteiger partial charge in [-0.05, 0) is 23.3 Å². The zero-order chi connectivity index (χ0) is 12.1. The van der Waals surface area contributed by atoms with Gasteiger partial charge in [-0.1, -0.05) is 6.07 Å². The number of carboxylic acids is 1. The molecule has 5 heteroatoms. The molecule has 0 aliphatic heterocycles. The Morgan fingerprint density at radius 2 is 2.06 bits per heavy atom. The van der Waals surface area contributed by atoms with Crippen molar-refractivity contribution in [1.29, 1.82) is 0 Å². The first-order valence-electron chi connectivity index (χ1n) is 4.70. The smallest absolute Gasteiger partial charge is 0.337 e. The molecule has 0 aliphatic carbocycles. The number of methoxy groups -OCH3 is 1. The SMILES string of the molecule is COC(=O)c1ccc(CC(=O)O)c(CN)c1. The maximum Gasteiger partial charge on any atom is 0.337 e. The van der Waals surface area contributed by atoms with Crippen molar-refractivity contribution in [2.45, 2.75) is 13.0 Å². The van der Waals surface area contributed by atoms with Crippen LogP contribution in [0, 0.1) is 0 Å². The molecule has 5 nitrogen and oxygen atoms in total. The highest BCUT2D eigenvalue weighted by Gasteiger charge is 2.10. The number of carbonyl (C=O) groups is 2. The molecule has 0 fully saturated rings. The third kappa shape index (κ3) is 2.80. The van der Waals surface area contributed by atoms with Crippen LogP contribution in [0.2, 0.25) is 0 Å². The molecule has 0 heterocycles. The van der Waals surface area contributed by atoms with E-state index in [1.807, 2.05) is 0 Å². The molecular formula is C11H13NO4. The van der Waals surface area contributed by atoms with Crippen LogP contribution in [0.25, 0.3) is 0 Å². The largest absolute Gasteiger partial charge is 0.481 e. The van der Waals surface area contributed by atoms with Crippen LogP contribution in [0.15, 0.2) is 18.2 Å². The Balaban J connectivity index is 3.06. The van der Waals surface area contributed by atoms with Crippen molar-refractivity contribution >= 4 is 11.9 Å². The van der Waals surface area contributed by atoms with Crippen LogP contribution in [-0.4, -0.2) is 24.2 Å². The molecule has 1 rings (SSSR count). The maximum atomic E-state index is 11.2. The van der Waals surface area contributed by atoms with Gasteiger partial charge in [0.2, 0.25) is 0 Å². The van der Waals surface area contributed by atoms with E-state index in [9.17, 15) is 9.59 Å². The minimum atomic E-state index is -0.930. The average molecular weight is 223 g/mol. The first-order chi connectivity index (χ1) is 7.58. The summed E-state index contributed by atoms with van der Waals surface area (Å²) in [5.41, 5.74) is 7.12. The average Bonchev–Trinajstić information content (AvgIpc) is 2.27. The van der Waals surface area contributed by atoms with E-state index in [1.54, 1.807) is 12.1 Å². The molecule has 86 valence electrons. The zero-order valence-corrected chi connectivity index (χ0v) is 8.90. The Bertz CT molecular complexity index is 414. The Labute approximate surface area is 92.8 Å². The fourth-order valence-corrected chi connectivity index (χ4v) is 1.40. The Morgan fingerprint density at radius 3 is 2.56 bits per heavy atom. The summed E-state index contributed by atoms with van der Waals surface area (Å²) in [4.78, 5) is 21.8. The van der Waals surface area contributed by atoms with Gasteiger partial charge in [0.15, 0.2) is 0 Å². The molecule has 0 aromatic heterocycles. The second kappa shape index (κ2) is 5.27. The van der Waals surface area contributed by atoms with E-state index >= 15 is 0 Å². The molecule has 0 radical (unpaired) electrons. The van der Waals surface area contributed by atoms with E-state index in [1.165, 1.54) is 13.2 Å². The second-order valence-electron chi connectivity index (χ2n) is 3.25. The monoisotopic (exact) mass is 223 g/mol. The minimum absolute atomic E-state index is 0.103. The highest BCUT2D eigenvalue weighted by atomic mass is 16.5. The normalized spacial score (nSPS) is 9.88. The number of hydrogen-bond acceptors (Lipinski definition) is 4. The van der Waals surface area contributed by atoms with Crippen LogP contribution < -0.4 is 5.73 Å². The molecule has 0 saturated carbocycles. The Hall–Kier alpha value is -1.88. The quantitative estimate of drug-likeness (QED) is 0.728. The highest BCUT2D eigenvalue weighted by molar-refractivity contribution is 5.89. The van der Waals surface area contributed by atoms with E-state index < -0.39 is 11.9 Å². The summed E-state index contributed by atoms with van der Waals surface area (Å²) >= 11 is 0. The van der Waals surface area contributed by atoms with Gasteiger partial charge < -0.3 is 15.6 Å². The molecule has 0 unspecified atom stereocenters. The number of carboxylic acid groups (broad SMARTS) is 1. The van der Waals surface area contributed by atoms with Gasteiger partial charge in [0.05, 0.1) is 19.1 Å². The maximum absolute atomic E-state index is 11.2. The van der Waals surface area contributed by atoms with E-state index in [4.69, 9.17) is 10.8 Å². The first kappa shape index (κ1) is 12.2. The van der Waals surface area contributed by atoms with Gasteiger partial charge >= 0.3 is 11.9 Å². The standard InChI is InChI=1S/C11H13NO4/c1-16-11(15)8-3-2-7(5-10(13)14)9(4-8)6-12/h2-4H,5-6,12H2,1H3,(H,13,14). The van der Waals surface area contributed by atoms with Crippen LogP contribution >= 0.6 is 0 Å². The van der Waals surface area contributed by atoms with Gasteiger partial charge in [0.25, 0.3) is 0 Å². The van der Waals surface area contributed by atoms with E-state index in [0.717, 1.165) is 0 Å². The van der Waals surface area contributed by atoms with Crippen LogP contribution in [0.4, 0.5) is 0 Å². The summed E-state index contributed by atoms with van der Waals surface area (Å²) in [5, 5.41) is 8.68. The third-order valence-electron chi connectivity index (χ3n) is 2.19. The van der Waals surface area contributed by atoms with E-state index in [2.05, 4.69) is 4.74 Å². The number of nitrogens with two attached hydrogens (primary N) is 1. The molecule has 0 aliphatic rings. The van der Waals surface area contributed by atoms with Gasteiger partial charge in [-0.3, -0.25) is 4.79 Å². The van der Waals surface area contributed by atoms with Crippen molar-refractivity contribution in [3.63, 3.8) is 0 Å². The lowest BCUT2D eigenvalue weighted by molar-refractivity contribution is -0.136. The second-order valence-corrected chi connectivity index (χ2v) is 3.25. The van der Waals surface area contributed by atoms with Gasteiger partial charge in [-0.15, -0.1) is 0 Å². The summed E-state index contributed by atoms with van der Waals surface area (Å²) < 4.78 is 4.56. The molecule has 1 aromatic rings. The van der Waals surface area contributed by atoms with Crippen molar-refractivity contribution in [2.75, 3.05) is 7.11 Å². The Morgan fingerprint density at radius 1 is 1.38 bits per heavy atom. The van der Waals surface area contributed by atoms with Crippen molar-refractivity contribution < 1.29 is 19.4 Å². The highest BCUT2D eigenvalue weighted by Crippen LogP contribution is 2.13. The summed E-state index contributed by atoms with van der Waals surface area (Å²) in [6.07, 6.45) is -0.103. The molecule has 0 spiro atoms. The zero-order valence-electron chi connectivity index (χ0n) is 8.90. The third-order valence-corrected chi connectivity index (χ3v) is 2.19. The number of esters is 1. The number of aliphatic carboxylic acids is 1.